The highest BCUT2D eigenvalue weighted by Crippen LogP contribution is 2.36. The first-order chi connectivity index (χ1) is 13.7. The van der Waals surface area contributed by atoms with E-state index in [0.717, 1.165) is 42.8 Å². The van der Waals surface area contributed by atoms with Crippen LogP contribution in [0.15, 0.2) is 42.5 Å². The maximum absolute atomic E-state index is 12.7. The number of piperidine rings is 1. The summed E-state index contributed by atoms with van der Waals surface area (Å²) in [5.41, 5.74) is 3.18. The number of fused-ring (bicyclic) bond motifs is 3. The molecule has 0 unspecified atom stereocenters. The fraction of sp³-hybridized carbons (Fsp3) is 0.364. The molecule has 2 amide bonds. The largest absolute Gasteiger partial charge is 0.494 e. The molecular weight excluding hydrogens is 354 g/mol. The second-order valence-electron chi connectivity index (χ2n) is 7.15. The molecule has 6 heteroatoms. The van der Waals surface area contributed by atoms with Crippen molar-refractivity contribution in [1.82, 2.24) is 5.32 Å². The summed E-state index contributed by atoms with van der Waals surface area (Å²) in [5.74, 6) is 0.624. The molecule has 0 spiro atoms. The standard InChI is InChI=1S/C22H25N3O3/c1-2-28-20-9-4-3-7-16(20)14-23-21(26)15-10-11-18-17(13-15)24-22(27)19-8-5-6-12-25(18)19/h3-4,7,9-11,13,19H,2,5-6,8,12,14H2,1H3,(H,23,26)(H,24,27)/t19-/m1/s1. The molecule has 0 aromatic heterocycles. The summed E-state index contributed by atoms with van der Waals surface area (Å²) in [5, 5.41) is 5.92. The molecule has 1 atom stereocenters. The van der Waals surface area contributed by atoms with Gasteiger partial charge in [-0.1, -0.05) is 18.2 Å². The Morgan fingerprint density at radius 2 is 2.11 bits per heavy atom. The number of nitrogens with one attached hydrogen (secondary N) is 2. The summed E-state index contributed by atoms with van der Waals surface area (Å²) in [6, 6.07) is 13.1. The molecule has 2 aromatic carbocycles. The van der Waals surface area contributed by atoms with Crippen LogP contribution in [0.4, 0.5) is 11.4 Å². The Balaban J connectivity index is 1.49. The third-order valence-electron chi connectivity index (χ3n) is 5.34. The van der Waals surface area contributed by atoms with Crippen LogP contribution in [0.3, 0.4) is 0 Å². The van der Waals surface area contributed by atoms with Gasteiger partial charge in [-0.2, -0.15) is 0 Å². The monoisotopic (exact) mass is 379 g/mol. The molecule has 6 nitrogen and oxygen atoms in total. The Kier molecular flexibility index (Phi) is 5.19. The second kappa shape index (κ2) is 7.92. The lowest BCUT2D eigenvalue weighted by molar-refractivity contribution is -0.118. The van der Waals surface area contributed by atoms with E-state index < -0.39 is 0 Å². The van der Waals surface area contributed by atoms with E-state index in [4.69, 9.17) is 4.74 Å². The van der Waals surface area contributed by atoms with Crippen molar-refractivity contribution in [3.63, 3.8) is 0 Å². The van der Waals surface area contributed by atoms with E-state index in [1.165, 1.54) is 0 Å². The van der Waals surface area contributed by atoms with Gasteiger partial charge in [-0.25, -0.2) is 0 Å². The number of anilines is 2. The third kappa shape index (κ3) is 3.54. The van der Waals surface area contributed by atoms with E-state index in [-0.39, 0.29) is 17.9 Å². The normalized spacial score (nSPS) is 18.0. The van der Waals surface area contributed by atoms with E-state index in [1.807, 2.05) is 43.3 Å². The highest BCUT2D eigenvalue weighted by atomic mass is 16.5. The first-order valence-corrected chi connectivity index (χ1v) is 9.88. The van der Waals surface area contributed by atoms with E-state index >= 15 is 0 Å². The molecule has 4 rings (SSSR count). The molecule has 0 bridgehead atoms. The van der Waals surface area contributed by atoms with Gasteiger partial charge in [-0.15, -0.1) is 0 Å². The Labute approximate surface area is 164 Å². The number of hydrogen-bond donors (Lipinski definition) is 2. The van der Waals surface area contributed by atoms with Crippen molar-refractivity contribution >= 4 is 23.2 Å². The third-order valence-corrected chi connectivity index (χ3v) is 5.34. The average molecular weight is 379 g/mol. The number of ether oxygens (including phenoxy) is 1. The molecule has 0 radical (unpaired) electrons. The molecule has 2 N–H and O–H groups in total. The number of hydrogen-bond acceptors (Lipinski definition) is 4. The number of carbonyl (C=O) groups is 2. The lowest BCUT2D eigenvalue weighted by Crippen LogP contribution is -2.50. The van der Waals surface area contributed by atoms with E-state index in [9.17, 15) is 9.59 Å². The zero-order chi connectivity index (χ0) is 19.5. The van der Waals surface area contributed by atoms with E-state index in [2.05, 4.69) is 15.5 Å². The van der Waals surface area contributed by atoms with Crippen LogP contribution in [0.2, 0.25) is 0 Å². The Hall–Kier alpha value is -3.02. The minimum atomic E-state index is -0.177. The molecule has 146 valence electrons. The molecule has 2 heterocycles. The summed E-state index contributed by atoms with van der Waals surface area (Å²) in [4.78, 5) is 27.2. The van der Waals surface area contributed by atoms with Crippen LogP contribution in [0.25, 0.3) is 0 Å². The number of nitrogens with zero attached hydrogens (tertiary/aromatic N) is 1. The van der Waals surface area contributed by atoms with Gasteiger partial charge in [0, 0.05) is 24.2 Å². The quantitative estimate of drug-likeness (QED) is 0.836. The van der Waals surface area contributed by atoms with Crippen molar-refractivity contribution in [3.05, 3.63) is 53.6 Å². The molecule has 2 aliphatic rings. The van der Waals surface area contributed by atoms with Crippen molar-refractivity contribution in [1.29, 1.82) is 0 Å². The Bertz CT molecular complexity index is 896. The average Bonchev–Trinajstić information content (AvgIpc) is 2.73. The Morgan fingerprint density at radius 1 is 1.25 bits per heavy atom. The highest BCUT2D eigenvalue weighted by Gasteiger charge is 2.34. The van der Waals surface area contributed by atoms with Crippen LogP contribution in [-0.4, -0.2) is 31.0 Å². The van der Waals surface area contributed by atoms with Crippen molar-refractivity contribution < 1.29 is 14.3 Å². The predicted octanol–water partition coefficient (Wildman–Crippen LogP) is 3.33. The van der Waals surface area contributed by atoms with Gasteiger partial charge in [0.1, 0.15) is 11.8 Å². The minimum absolute atomic E-state index is 0.0235. The van der Waals surface area contributed by atoms with Crippen LogP contribution in [0.5, 0.6) is 5.75 Å². The molecule has 28 heavy (non-hydrogen) atoms. The van der Waals surface area contributed by atoms with Gasteiger partial charge in [0.25, 0.3) is 5.91 Å². The number of rotatable bonds is 5. The van der Waals surface area contributed by atoms with Crippen LogP contribution in [-0.2, 0) is 11.3 Å². The predicted molar refractivity (Wildman–Crippen MR) is 109 cm³/mol. The van der Waals surface area contributed by atoms with Gasteiger partial charge in [0.2, 0.25) is 5.91 Å². The Morgan fingerprint density at radius 3 is 2.96 bits per heavy atom. The summed E-state index contributed by atoms with van der Waals surface area (Å²) >= 11 is 0. The van der Waals surface area contributed by atoms with E-state index in [0.29, 0.717) is 24.4 Å². The van der Waals surface area contributed by atoms with Crippen molar-refractivity contribution in [2.24, 2.45) is 0 Å². The van der Waals surface area contributed by atoms with Crippen LogP contribution >= 0.6 is 0 Å². The summed E-state index contributed by atoms with van der Waals surface area (Å²) in [7, 11) is 0. The van der Waals surface area contributed by atoms with Gasteiger partial charge < -0.3 is 20.3 Å². The molecule has 1 saturated heterocycles. The summed E-state index contributed by atoms with van der Waals surface area (Å²) in [6.45, 7) is 3.77. The van der Waals surface area contributed by atoms with E-state index in [1.54, 1.807) is 6.07 Å². The number of benzene rings is 2. The lowest BCUT2D eigenvalue weighted by atomic mass is 9.97. The first kappa shape index (κ1) is 18.3. The summed E-state index contributed by atoms with van der Waals surface area (Å²) < 4.78 is 5.61. The maximum Gasteiger partial charge on any atom is 0.251 e. The van der Waals surface area contributed by atoms with Crippen LogP contribution < -0.4 is 20.3 Å². The maximum atomic E-state index is 12.7. The molecule has 2 aliphatic heterocycles. The first-order valence-electron chi connectivity index (χ1n) is 9.88. The molecule has 0 saturated carbocycles. The van der Waals surface area contributed by atoms with Gasteiger partial charge in [-0.05, 0) is 50.5 Å². The van der Waals surface area contributed by atoms with Crippen molar-refractivity contribution in [2.75, 3.05) is 23.4 Å². The molecule has 2 aromatic rings. The van der Waals surface area contributed by atoms with Gasteiger partial charge >= 0.3 is 0 Å². The second-order valence-corrected chi connectivity index (χ2v) is 7.15. The zero-order valence-electron chi connectivity index (χ0n) is 16.0. The molecule has 0 aliphatic carbocycles. The minimum Gasteiger partial charge on any atom is -0.494 e. The van der Waals surface area contributed by atoms with Crippen molar-refractivity contribution in [2.45, 2.75) is 38.8 Å². The topological polar surface area (TPSA) is 70.7 Å². The van der Waals surface area contributed by atoms with Crippen molar-refractivity contribution in [3.8, 4) is 5.75 Å². The smallest absolute Gasteiger partial charge is 0.251 e. The van der Waals surface area contributed by atoms with Crippen LogP contribution in [0.1, 0.15) is 42.1 Å². The highest BCUT2D eigenvalue weighted by molar-refractivity contribution is 6.05. The van der Waals surface area contributed by atoms with Gasteiger partial charge in [0.15, 0.2) is 0 Å². The summed E-state index contributed by atoms with van der Waals surface area (Å²) in [6.07, 6.45) is 3.05. The van der Waals surface area contributed by atoms with Crippen LogP contribution in [0, 0.1) is 0 Å². The fourth-order valence-electron chi connectivity index (χ4n) is 3.96. The molecule has 1 fully saturated rings. The SMILES string of the molecule is CCOc1ccccc1CNC(=O)c1ccc2c(c1)NC(=O)[C@H]1CCCCN21. The number of amides is 2. The lowest BCUT2D eigenvalue weighted by Gasteiger charge is -2.41. The fourth-order valence-corrected chi connectivity index (χ4v) is 3.96. The molecular formula is C22H25N3O3. The zero-order valence-corrected chi connectivity index (χ0v) is 16.0. The number of para-hydroxylation sites is 1. The van der Waals surface area contributed by atoms with Gasteiger partial charge in [-0.3, -0.25) is 9.59 Å². The number of carbonyl (C=O) groups excluding carboxylic acids is 2. The van der Waals surface area contributed by atoms with Gasteiger partial charge in [0.05, 0.1) is 18.0 Å².